The summed E-state index contributed by atoms with van der Waals surface area (Å²) in [6, 6.07) is 9.35. The monoisotopic (exact) mass is 324 g/mol. The van der Waals surface area contributed by atoms with Gasteiger partial charge in [0.05, 0.1) is 23.9 Å². The number of benzene rings is 1. The number of nitriles is 1. The fraction of sp³-hybridized carbons (Fsp3) is 0.316. The van der Waals surface area contributed by atoms with Crippen LogP contribution in [0, 0.1) is 24.2 Å². The number of carbonyl (C=O) groups excluding carboxylic acids is 1. The first-order valence-corrected chi connectivity index (χ1v) is 7.70. The van der Waals surface area contributed by atoms with Gasteiger partial charge in [0.25, 0.3) is 0 Å². The van der Waals surface area contributed by atoms with Crippen molar-refractivity contribution in [3.8, 4) is 6.07 Å². The molecule has 0 bridgehead atoms. The molecule has 0 aliphatic heterocycles. The number of allylic oxidation sites excluding steroid dienone is 2. The van der Waals surface area contributed by atoms with Crippen LogP contribution in [-0.4, -0.2) is 23.2 Å². The quantitative estimate of drug-likeness (QED) is 0.518. The molecule has 0 aliphatic carbocycles. The van der Waals surface area contributed by atoms with Gasteiger partial charge in [-0.05, 0) is 24.5 Å². The first-order chi connectivity index (χ1) is 11.4. The van der Waals surface area contributed by atoms with Crippen LogP contribution in [-0.2, 0) is 4.74 Å². The lowest BCUT2D eigenvalue weighted by molar-refractivity contribution is 0.0599. The highest BCUT2D eigenvalue weighted by Gasteiger charge is 2.24. The second kappa shape index (κ2) is 7.14. The normalized spacial score (nSPS) is 12.0. The first-order valence-electron chi connectivity index (χ1n) is 7.70. The third kappa shape index (κ3) is 3.23. The van der Waals surface area contributed by atoms with Crippen LogP contribution in [0.5, 0.6) is 0 Å². The van der Waals surface area contributed by atoms with E-state index in [-0.39, 0.29) is 28.5 Å². The lowest BCUT2D eigenvalue weighted by Gasteiger charge is -2.14. The van der Waals surface area contributed by atoms with Gasteiger partial charge in [-0.3, -0.25) is 0 Å². The second-order valence-corrected chi connectivity index (χ2v) is 6.00. The molecule has 0 saturated carbocycles. The lowest BCUT2D eigenvalue weighted by atomic mass is 9.96. The Balaban J connectivity index is 2.85. The van der Waals surface area contributed by atoms with E-state index in [9.17, 15) is 15.2 Å². The van der Waals surface area contributed by atoms with Gasteiger partial charge in [-0.15, -0.1) is 0 Å². The molecule has 5 nitrogen and oxygen atoms in total. The van der Waals surface area contributed by atoms with Gasteiger partial charge in [-0.2, -0.15) is 5.26 Å². The van der Waals surface area contributed by atoms with Crippen molar-refractivity contribution < 1.29 is 14.6 Å². The zero-order chi connectivity index (χ0) is 17.9. The number of esters is 1. The summed E-state index contributed by atoms with van der Waals surface area (Å²) in [6.45, 7) is 5.66. The Morgan fingerprint density at radius 2 is 2.04 bits per heavy atom. The van der Waals surface area contributed by atoms with Crippen molar-refractivity contribution >= 4 is 22.4 Å². The van der Waals surface area contributed by atoms with Crippen molar-refractivity contribution in [2.24, 2.45) is 5.92 Å². The summed E-state index contributed by atoms with van der Waals surface area (Å²) in [4.78, 5) is 16.8. The van der Waals surface area contributed by atoms with E-state index in [1.807, 2.05) is 38.1 Å². The molecule has 1 aromatic carbocycles. The van der Waals surface area contributed by atoms with E-state index in [0.29, 0.717) is 17.5 Å². The van der Waals surface area contributed by atoms with E-state index in [1.165, 1.54) is 7.11 Å². The minimum absolute atomic E-state index is 0.0120. The number of methoxy groups -OCH3 is 1. The molecule has 0 spiro atoms. The largest absolute Gasteiger partial charge is 0.511 e. The number of carbonyl (C=O) groups is 1. The van der Waals surface area contributed by atoms with E-state index >= 15 is 0 Å². The highest BCUT2D eigenvalue weighted by molar-refractivity contribution is 6.02. The zero-order valence-electron chi connectivity index (χ0n) is 14.3. The number of ether oxygens (including phenoxy) is 1. The maximum absolute atomic E-state index is 12.3. The molecular weight excluding hydrogens is 304 g/mol. The number of nitrogens with zero attached hydrogens (tertiary/aromatic N) is 2. The molecule has 1 aromatic heterocycles. The fourth-order valence-electron chi connectivity index (χ4n) is 2.65. The van der Waals surface area contributed by atoms with Gasteiger partial charge in [0.2, 0.25) is 0 Å². The molecule has 0 atom stereocenters. The Kier molecular flexibility index (Phi) is 5.20. The highest BCUT2D eigenvalue weighted by atomic mass is 16.5. The Morgan fingerprint density at radius 3 is 2.62 bits per heavy atom. The molecule has 124 valence electrons. The van der Waals surface area contributed by atoms with Crippen molar-refractivity contribution in [3.63, 3.8) is 0 Å². The number of fused-ring (bicyclic) bond motifs is 1. The number of aliphatic hydroxyl groups is 1. The van der Waals surface area contributed by atoms with Crippen molar-refractivity contribution in [2.75, 3.05) is 7.11 Å². The molecule has 0 saturated heterocycles. The van der Waals surface area contributed by atoms with Gasteiger partial charge in [0, 0.05) is 11.8 Å². The zero-order valence-corrected chi connectivity index (χ0v) is 14.3. The molecule has 0 amide bonds. The van der Waals surface area contributed by atoms with E-state index in [4.69, 9.17) is 4.74 Å². The van der Waals surface area contributed by atoms with Crippen LogP contribution >= 0.6 is 0 Å². The molecule has 24 heavy (non-hydrogen) atoms. The van der Waals surface area contributed by atoms with E-state index < -0.39 is 5.97 Å². The van der Waals surface area contributed by atoms with Crippen molar-refractivity contribution in [1.29, 1.82) is 5.26 Å². The number of pyridine rings is 1. The van der Waals surface area contributed by atoms with Crippen LogP contribution in [0.25, 0.3) is 16.5 Å². The fourth-order valence-corrected chi connectivity index (χ4v) is 2.65. The van der Waals surface area contributed by atoms with Crippen LogP contribution in [0.15, 0.2) is 30.0 Å². The molecule has 2 aromatic rings. The van der Waals surface area contributed by atoms with Gasteiger partial charge >= 0.3 is 5.97 Å². The molecule has 1 N–H and O–H groups in total. The number of rotatable bonds is 4. The van der Waals surface area contributed by atoms with Crippen molar-refractivity contribution in [3.05, 3.63) is 46.8 Å². The van der Waals surface area contributed by atoms with Gasteiger partial charge in [-0.1, -0.05) is 32.0 Å². The van der Waals surface area contributed by atoms with Gasteiger partial charge < -0.3 is 9.84 Å². The van der Waals surface area contributed by atoms with E-state index in [0.717, 1.165) is 5.39 Å². The molecule has 2 rings (SSSR count). The van der Waals surface area contributed by atoms with Crippen LogP contribution in [0.4, 0.5) is 0 Å². The summed E-state index contributed by atoms with van der Waals surface area (Å²) in [5.74, 6) is -0.484. The van der Waals surface area contributed by atoms with Crippen molar-refractivity contribution in [2.45, 2.75) is 27.2 Å². The molecule has 0 radical (unpaired) electrons. The van der Waals surface area contributed by atoms with E-state index in [1.54, 1.807) is 13.0 Å². The Labute approximate surface area is 141 Å². The maximum Gasteiger partial charge on any atom is 0.340 e. The maximum atomic E-state index is 12.3. The summed E-state index contributed by atoms with van der Waals surface area (Å²) < 4.78 is 4.87. The molecule has 0 aliphatic rings. The smallest absolute Gasteiger partial charge is 0.340 e. The lowest BCUT2D eigenvalue weighted by Crippen LogP contribution is -2.11. The first kappa shape index (κ1) is 17.5. The van der Waals surface area contributed by atoms with Crippen LogP contribution in [0.3, 0.4) is 0 Å². The summed E-state index contributed by atoms with van der Waals surface area (Å²) >= 11 is 0. The summed E-state index contributed by atoms with van der Waals surface area (Å²) in [6.07, 6.45) is 0.330. The topological polar surface area (TPSA) is 83.2 Å². The van der Waals surface area contributed by atoms with Gasteiger partial charge in [0.1, 0.15) is 17.4 Å². The number of aliphatic hydroxyl groups excluding tert-OH is 1. The highest BCUT2D eigenvalue weighted by Crippen LogP contribution is 2.30. The Hall–Kier alpha value is -2.87. The van der Waals surface area contributed by atoms with Crippen molar-refractivity contribution in [1.82, 2.24) is 4.98 Å². The van der Waals surface area contributed by atoms with Crippen LogP contribution in [0.2, 0.25) is 0 Å². The minimum Gasteiger partial charge on any atom is -0.511 e. The average Bonchev–Trinajstić information content (AvgIpc) is 2.54. The molecule has 0 unspecified atom stereocenters. The summed E-state index contributed by atoms with van der Waals surface area (Å²) in [7, 11) is 1.28. The summed E-state index contributed by atoms with van der Waals surface area (Å²) in [5.41, 5.74) is 1.72. The number of aromatic nitrogens is 1. The van der Waals surface area contributed by atoms with E-state index in [2.05, 4.69) is 4.98 Å². The number of aryl methyl sites for hydroxylation is 1. The molecule has 0 fully saturated rings. The molecule has 5 heteroatoms. The average molecular weight is 324 g/mol. The molecule has 1 heterocycles. The van der Waals surface area contributed by atoms with Gasteiger partial charge in [-0.25, -0.2) is 9.78 Å². The predicted molar refractivity (Wildman–Crippen MR) is 92.4 cm³/mol. The van der Waals surface area contributed by atoms with Gasteiger partial charge in [0.15, 0.2) is 0 Å². The third-order valence-corrected chi connectivity index (χ3v) is 3.78. The number of hydrogen-bond acceptors (Lipinski definition) is 5. The minimum atomic E-state index is -0.578. The standard InChI is InChI=1S/C19H20N2O3/c1-11(2)9-16(22)14(10-20)18-17(19(23)24-4)12(3)13-7-5-6-8-15(13)21-18/h5-8,11,22H,9H2,1-4H3/b16-14+. The SMILES string of the molecule is COC(=O)c1c(/C(C#N)=C(/O)CC(C)C)nc2ccccc2c1C. The number of hydrogen-bond donors (Lipinski definition) is 1. The Bertz CT molecular complexity index is 861. The number of para-hydroxylation sites is 1. The second-order valence-electron chi connectivity index (χ2n) is 6.00. The van der Waals surface area contributed by atoms with Crippen LogP contribution in [0.1, 0.15) is 41.9 Å². The van der Waals surface area contributed by atoms with Crippen LogP contribution < -0.4 is 0 Å². The third-order valence-electron chi connectivity index (χ3n) is 3.78. The summed E-state index contributed by atoms with van der Waals surface area (Å²) in [5, 5.41) is 20.7. The Morgan fingerprint density at radius 1 is 1.38 bits per heavy atom. The molecular formula is C19H20N2O3. The predicted octanol–water partition coefficient (Wildman–Crippen LogP) is 4.17.